The number of hydrogen-bond donors (Lipinski definition) is 1. The summed E-state index contributed by atoms with van der Waals surface area (Å²) in [6.45, 7) is 0.774. The first-order valence-corrected chi connectivity index (χ1v) is 4.39. The summed E-state index contributed by atoms with van der Waals surface area (Å²) in [6.07, 6.45) is 6.21. The van der Waals surface area contributed by atoms with Crippen LogP contribution in [0.2, 0.25) is 0 Å². The maximum atomic E-state index is 5.44. The SMILES string of the molecule is Nc1cn(CCc2cccnc2)nn1. The third kappa shape index (κ3) is 2.07. The van der Waals surface area contributed by atoms with E-state index in [1.54, 1.807) is 17.1 Å². The third-order valence-electron chi connectivity index (χ3n) is 1.91. The molecular formula is C9H11N5. The number of rotatable bonds is 3. The summed E-state index contributed by atoms with van der Waals surface area (Å²) < 4.78 is 1.72. The number of aromatic nitrogens is 4. The van der Waals surface area contributed by atoms with Gasteiger partial charge in [-0.15, -0.1) is 5.10 Å². The van der Waals surface area contributed by atoms with E-state index in [9.17, 15) is 0 Å². The van der Waals surface area contributed by atoms with Gasteiger partial charge in [-0.2, -0.15) is 0 Å². The van der Waals surface area contributed by atoms with Crippen molar-refractivity contribution in [2.45, 2.75) is 13.0 Å². The molecule has 0 radical (unpaired) electrons. The molecule has 0 unspecified atom stereocenters. The van der Waals surface area contributed by atoms with Gasteiger partial charge in [-0.1, -0.05) is 11.3 Å². The number of hydrogen-bond acceptors (Lipinski definition) is 4. The number of anilines is 1. The first-order chi connectivity index (χ1) is 6.84. The third-order valence-corrected chi connectivity index (χ3v) is 1.91. The summed E-state index contributed by atoms with van der Waals surface area (Å²) >= 11 is 0. The zero-order chi connectivity index (χ0) is 9.80. The number of nitrogens with two attached hydrogens (primary N) is 1. The normalized spacial score (nSPS) is 10.3. The van der Waals surface area contributed by atoms with E-state index in [1.165, 1.54) is 5.56 Å². The minimum atomic E-state index is 0.455. The number of nitrogen functional groups attached to an aromatic ring is 1. The highest BCUT2D eigenvalue weighted by atomic mass is 15.4. The Hall–Kier alpha value is -1.91. The Morgan fingerprint density at radius 2 is 2.36 bits per heavy atom. The molecule has 0 bridgehead atoms. The van der Waals surface area contributed by atoms with Crippen LogP contribution in [0.15, 0.2) is 30.7 Å². The van der Waals surface area contributed by atoms with E-state index >= 15 is 0 Å². The lowest BCUT2D eigenvalue weighted by atomic mass is 10.2. The maximum Gasteiger partial charge on any atom is 0.165 e. The standard InChI is InChI=1S/C9H11N5/c10-9-7-14(13-12-9)5-3-8-2-1-4-11-6-8/h1-2,4,6-7H,3,5,10H2. The van der Waals surface area contributed by atoms with Crippen molar-refractivity contribution in [1.29, 1.82) is 0 Å². The van der Waals surface area contributed by atoms with E-state index in [4.69, 9.17) is 5.73 Å². The average molecular weight is 189 g/mol. The van der Waals surface area contributed by atoms with Gasteiger partial charge in [0.2, 0.25) is 0 Å². The molecule has 14 heavy (non-hydrogen) atoms. The van der Waals surface area contributed by atoms with E-state index in [0.717, 1.165) is 13.0 Å². The Bertz CT molecular complexity index is 395. The van der Waals surface area contributed by atoms with Crippen LogP contribution in [-0.2, 0) is 13.0 Å². The van der Waals surface area contributed by atoms with Gasteiger partial charge in [0.1, 0.15) is 0 Å². The first kappa shape index (κ1) is 8.68. The predicted molar refractivity (Wildman–Crippen MR) is 52.4 cm³/mol. The molecule has 0 saturated carbocycles. The van der Waals surface area contributed by atoms with Gasteiger partial charge in [-0.3, -0.25) is 9.67 Å². The van der Waals surface area contributed by atoms with Crippen LogP contribution in [0.4, 0.5) is 5.82 Å². The molecule has 0 aliphatic heterocycles. The topological polar surface area (TPSA) is 69.6 Å². The van der Waals surface area contributed by atoms with E-state index in [0.29, 0.717) is 5.82 Å². The largest absolute Gasteiger partial charge is 0.381 e. The fraction of sp³-hybridized carbons (Fsp3) is 0.222. The predicted octanol–water partition coefficient (Wildman–Crippen LogP) is 0.498. The second-order valence-corrected chi connectivity index (χ2v) is 3.02. The first-order valence-electron chi connectivity index (χ1n) is 4.39. The number of nitrogens with zero attached hydrogens (tertiary/aromatic N) is 4. The van der Waals surface area contributed by atoms with Crippen molar-refractivity contribution in [1.82, 2.24) is 20.0 Å². The fourth-order valence-electron chi connectivity index (χ4n) is 1.21. The van der Waals surface area contributed by atoms with Gasteiger partial charge in [0.25, 0.3) is 0 Å². The molecular weight excluding hydrogens is 178 g/mol. The second-order valence-electron chi connectivity index (χ2n) is 3.02. The molecule has 2 heterocycles. The average Bonchev–Trinajstić information content (AvgIpc) is 2.63. The van der Waals surface area contributed by atoms with Crippen molar-refractivity contribution < 1.29 is 0 Å². The Morgan fingerprint density at radius 3 is 3.00 bits per heavy atom. The Labute approximate surface area is 81.6 Å². The summed E-state index contributed by atoms with van der Waals surface area (Å²) in [7, 11) is 0. The van der Waals surface area contributed by atoms with Gasteiger partial charge in [0.05, 0.1) is 6.20 Å². The highest BCUT2D eigenvalue weighted by Gasteiger charge is 1.96. The molecule has 5 heteroatoms. The lowest BCUT2D eigenvalue weighted by molar-refractivity contribution is 0.588. The summed E-state index contributed by atoms with van der Waals surface area (Å²) in [5.41, 5.74) is 6.62. The van der Waals surface area contributed by atoms with Crippen molar-refractivity contribution in [3.8, 4) is 0 Å². The summed E-state index contributed by atoms with van der Waals surface area (Å²) in [5, 5.41) is 7.56. The molecule has 0 aliphatic rings. The van der Waals surface area contributed by atoms with Gasteiger partial charge >= 0.3 is 0 Å². The van der Waals surface area contributed by atoms with Crippen LogP contribution in [0, 0.1) is 0 Å². The van der Waals surface area contributed by atoms with Gasteiger partial charge in [-0.05, 0) is 18.1 Å². The van der Waals surface area contributed by atoms with Crippen LogP contribution in [0.5, 0.6) is 0 Å². The van der Waals surface area contributed by atoms with Crippen LogP contribution in [-0.4, -0.2) is 20.0 Å². The molecule has 0 amide bonds. The van der Waals surface area contributed by atoms with Crippen LogP contribution in [0.1, 0.15) is 5.56 Å². The molecule has 2 N–H and O–H groups in total. The Morgan fingerprint density at radius 1 is 1.43 bits per heavy atom. The fourth-order valence-corrected chi connectivity index (χ4v) is 1.21. The minimum absolute atomic E-state index is 0.455. The minimum Gasteiger partial charge on any atom is -0.381 e. The summed E-state index contributed by atoms with van der Waals surface area (Å²) in [4.78, 5) is 4.03. The molecule has 0 saturated heterocycles. The van der Waals surface area contributed by atoms with Gasteiger partial charge in [-0.25, -0.2) is 0 Å². The number of pyridine rings is 1. The van der Waals surface area contributed by atoms with Gasteiger partial charge in [0, 0.05) is 18.9 Å². The molecule has 72 valence electrons. The van der Waals surface area contributed by atoms with Crippen LogP contribution < -0.4 is 5.73 Å². The van der Waals surface area contributed by atoms with Crippen molar-refractivity contribution in [2.24, 2.45) is 0 Å². The Balaban J connectivity index is 1.95. The summed E-state index contributed by atoms with van der Waals surface area (Å²) in [6, 6.07) is 3.96. The summed E-state index contributed by atoms with van der Waals surface area (Å²) in [5.74, 6) is 0.455. The molecule has 5 nitrogen and oxygen atoms in total. The smallest absolute Gasteiger partial charge is 0.165 e. The van der Waals surface area contributed by atoms with Crippen LogP contribution in [0.25, 0.3) is 0 Å². The molecule has 0 fully saturated rings. The quantitative estimate of drug-likeness (QED) is 0.763. The monoisotopic (exact) mass is 189 g/mol. The van der Waals surface area contributed by atoms with Gasteiger partial charge in [0.15, 0.2) is 5.82 Å². The molecule has 0 atom stereocenters. The lowest BCUT2D eigenvalue weighted by Gasteiger charge is -1.99. The van der Waals surface area contributed by atoms with E-state index in [1.807, 2.05) is 18.3 Å². The van der Waals surface area contributed by atoms with Crippen molar-refractivity contribution in [3.63, 3.8) is 0 Å². The van der Waals surface area contributed by atoms with E-state index in [2.05, 4.69) is 15.3 Å². The molecule has 2 rings (SSSR count). The van der Waals surface area contributed by atoms with Crippen molar-refractivity contribution >= 4 is 5.82 Å². The highest BCUT2D eigenvalue weighted by molar-refractivity contribution is 5.19. The second kappa shape index (κ2) is 3.87. The van der Waals surface area contributed by atoms with Crippen LogP contribution in [0.3, 0.4) is 0 Å². The van der Waals surface area contributed by atoms with Gasteiger partial charge < -0.3 is 5.73 Å². The molecule has 0 spiro atoms. The highest BCUT2D eigenvalue weighted by Crippen LogP contribution is 2.00. The number of aryl methyl sites for hydroxylation is 2. The lowest BCUT2D eigenvalue weighted by Crippen LogP contribution is -2.02. The van der Waals surface area contributed by atoms with E-state index < -0.39 is 0 Å². The zero-order valence-electron chi connectivity index (χ0n) is 7.67. The van der Waals surface area contributed by atoms with Crippen LogP contribution >= 0.6 is 0 Å². The molecule has 2 aromatic rings. The zero-order valence-corrected chi connectivity index (χ0v) is 7.67. The van der Waals surface area contributed by atoms with Crippen molar-refractivity contribution in [3.05, 3.63) is 36.3 Å². The molecule has 0 aliphatic carbocycles. The molecule has 0 aromatic carbocycles. The Kier molecular flexibility index (Phi) is 2.40. The maximum absolute atomic E-state index is 5.44. The molecule has 2 aromatic heterocycles. The van der Waals surface area contributed by atoms with Crippen molar-refractivity contribution in [2.75, 3.05) is 5.73 Å². The van der Waals surface area contributed by atoms with E-state index in [-0.39, 0.29) is 0 Å².